The van der Waals surface area contributed by atoms with Gasteiger partial charge < -0.3 is 10.4 Å². The molecule has 1 aromatic rings. The Morgan fingerprint density at radius 1 is 1.19 bits per heavy atom. The van der Waals surface area contributed by atoms with E-state index in [2.05, 4.69) is 11.4 Å². The average Bonchev–Trinajstić information content (AvgIpc) is 2.91. The third-order valence-corrected chi connectivity index (χ3v) is 4.48. The summed E-state index contributed by atoms with van der Waals surface area (Å²) in [6.07, 6.45) is 5.34. The minimum Gasteiger partial charge on any atom is -0.508 e. The van der Waals surface area contributed by atoms with Crippen molar-refractivity contribution in [2.24, 2.45) is 5.41 Å². The van der Waals surface area contributed by atoms with E-state index in [-0.39, 0.29) is 0 Å². The summed E-state index contributed by atoms with van der Waals surface area (Å²) < 4.78 is 0. The van der Waals surface area contributed by atoms with Crippen molar-refractivity contribution in [2.75, 3.05) is 13.1 Å². The molecule has 1 saturated carbocycles. The summed E-state index contributed by atoms with van der Waals surface area (Å²) in [6, 6.07) is 7.85. The lowest BCUT2D eigenvalue weighted by molar-refractivity contribution is 0.289. The molecule has 1 spiro atoms. The molecular formula is C14H19NO. The van der Waals surface area contributed by atoms with E-state index in [1.807, 2.05) is 18.2 Å². The van der Waals surface area contributed by atoms with Gasteiger partial charge in [-0.2, -0.15) is 0 Å². The minimum atomic E-state index is 0.429. The van der Waals surface area contributed by atoms with Crippen LogP contribution in [-0.2, 0) is 0 Å². The molecule has 0 amide bonds. The largest absolute Gasteiger partial charge is 0.508 e. The third kappa shape index (κ3) is 1.44. The van der Waals surface area contributed by atoms with Gasteiger partial charge in [0.1, 0.15) is 5.75 Å². The van der Waals surface area contributed by atoms with Crippen LogP contribution in [0.4, 0.5) is 0 Å². The van der Waals surface area contributed by atoms with E-state index < -0.39 is 0 Å². The summed E-state index contributed by atoms with van der Waals surface area (Å²) in [7, 11) is 0. The molecule has 0 radical (unpaired) electrons. The van der Waals surface area contributed by atoms with Crippen LogP contribution in [-0.4, -0.2) is 18.2 Å². The zero-order valence-corrected chi connectivity index (χ0v) is 9.58. The minimum absolute atomic E-state index is 0.429. The SMILES string of the molecule is Oc1ccccc1[C@H]1CNCC12CCCC2. The summed E-state index contributed by atoms with van der Waals surface area (Å²) in [5.41, 5.74) is 1.58. The van der Waals surface area contributed by atoms with Crippen LogP contribution in [0.5, 0.6) is 5.75 Å². The first-order valence-electron chi connectivity index (χ1n) is 6.30. The van der Waals surface area contributed by atoms with Crippen LogP contribution in [0.2, 0.25) is 0 Å². The molecule has 1 aliphatic carbocycles. The summed E-state index contributed by atoms with van der Waals surface area (Å²) in [5, 5.41) is 13.5. The third-order valence-electron chi connectivity index (χ3n) is 4.48. The molecule has 86 valence electrons. The molecule has 3 rings (SSSR count). The van der Waals surface area contributed by atoms with Crippen molar-refractivity contribution < 1.29 is 5.11 Å². The van der Waals surface area contributed by atoms with Gasteiger partial charge in [0.2, 0.25) is 0 Å². The van der Waals surface area contributed by atoms with Gasteiger partial charge in [0.15, 0.2) is 0 Å². The van der Waals surface area contributed by atoms with Crippen molar-refractivity contribution in [1.82, 2.24) is 5.32 Å². The number of nitrogens with one attached hydrogen (secondary N) is 1. The highest BCUT2D eigenvalue weighted by atomic mass is 16.3. The number of phenolic OH excluding ortho intramolecular Hbond substituents is 1. The van der Waals surface area contributed by atoms with E-state index in [0.29, 0.717) is 17.1 Å². The second-order valence-corrected chi connectivity index (χ2v) is 5.31. The highest BCUT2D eigenvalue weighted by molar-refractivity contribution is 5.37. The average molecular weight is 217 g/mol. The summed E-state index contributed by atoms with van der Waals surface area (Å²) in [4.78, 5) is 0. The zero-order valence-electron chi connectivity index (χ0n) is 9.58. The molecule has 2 aliphatic rings. The lowest BCUT2D eigenvalue weighted by Crippen LogP contribution is -2.25. The normalized spacial score (nSPS) is 27.6. The van der Waals surface area contributed by atoms with E-state index in [4.69, 9.17) is 0 Å². The molecule has 1 atom stereocenters. The van der Waals surface area contributed by atoms with Crippen LogP contribution in [0, 0.1) is 5.41 Å². The Morgan fingerprint density at radius 2 is 1.94 bits per heavy atom. The number of benzene rings is 1. The van der Waals surface area contributed by atoms with Crippen LogP contribution in [0.1, 0.15) is 37.2 Å². The molecule has 16 heavy (non-hydrogen) atoms. The van der Waals surface area contributed by atoms with Crippen molar-refractivity contribution in [3.63, 3.8) is 0 Å². The van der Waals surface area contributed by atoms with Crippen LogP contribution in [0.3, 0.4) is 0 Å². The van der Waals surface area contributed by atoms with Gasteiger partial charge >= 0.3 is 0 Å². The Bertz CT molecular complexity index is 377. The van der Waals surface area contributed by atoms with Crippen LogP contribution < -0.4 is 5.32 Å². The van der Waals surface area contributed by atoms with Crippen LogP contribution in [0.25, 0.3) is 0 Å². The standard InChI is InChI=1S/C14H19NO/c16-13-6-2-1-5-11(13)12-9-15-10-14(12)7-3-4-8-14/h1-2,5-6,12,15-16H,3-4,7-10H2/t12-/m1/s1. The van der Waals surface area contributed by atoms with Gasteiger partial charge in [-0.25, -0.2) is 0 Å². The maximum absolute atomic E-state index is 9.99. The molecule has 0 bridgehead atoms. The second kappa shape index (κ2) is 3.77. The van der Waals surface area contributed by atoms with Crippen molar-refractivity contribution in [3.05, 3.63) is 29.8 Å². The van der Waals surface area contributed by atoms with Gasteiger partial charge in [-0.05, 0) is 29.9 Å². The smallest absolute Gasteiger partial charge is 0.119 e. The fourth-order valence-corrected chi connectivity index (χ4v) is 3.63. The second-order valence-electron chi connectivity index (χ2n) is 5.31. The maximum atomic E-state index is 9.99. The lowest BCUT2D eigenvalue weighted by atomic mass is 9.73. The van der Waals surface area contributed by atoms with Gasteiger partial charge in [0.25, 0.3) is 0 Å². The van der Waals surface area contributed by atoms with Crippen molar-refractivity contribution in [3.8, 4) is 5.75 Å². The van der Waals surface area contributed by atoms with E-state index in [9.17, 15) is 5.11 Å². The fourth-order valence-electron chi connectivity index (χ4n) is 3.63. The van der Waals surface area contributed by atoms with Gasteiger partial charge in [0.05, 0.1) is 0 Å². The zero-order chi connectivity index (χ0) is 11.0. The molecule has 2 heteroatoms. The maximum Gasteiger partial charge on any atom is 0.119 e. The molecule has 0 unspecified atom stereocenters. The molecule has 1 saturated heterocycles. The molecule has 0 aromatic heterocycles. The Labute approximate surface area is 96.7 Å². The number of rotatable bonds is 1. The number of phenols is 1. The highest BCUT2D eigenvalue weighted by Crippen LogP contribution is 2.52. The summed E-state index contributed by atoms with van der Waals surface area (Å²) in [5.74, 6) is 0.985. The van der Waals surface area contributed by atoms with Crippen LogP contribution in [0.15, 0.2) is 24.3 Å². The number of hydrogen-bond acceptors (Lipinski definition) is 2. The van der Waals surface area contributed by atoms with Crippen molar-refractivity contribution in [2.45, 2.75) is 31.6 Å². The molecule has 1 aromatic carbocycles. The Hall–Kier alpha value is -1.02. The molecule has 2 nitrogen and oxygen atoms in total. The van der Waals surface area contributed by atoms with Crippen molar-refractivity contribution in [1.29, 1.82) is 0 Å². The molecular weight excluding hydrogens is 198 g/mol. The quantitative estimate of drug-likeness (QED) is 0.758. The van der Waals surface area contributed by atoms with Crippen LogP contribution >= 0.6 is 0 Å². The summed E-state index contributed by atoms with van der Waals surface area (Å²) in [6.45, 7) is 2.16. The first-order valence-corrected chi connectivity index (χ1v) is 6.30. The first-order chi connectivity index (χ1) is 7.82. The molecule has 1 aliphatic heterocycles. The Kier molecular flexibility index (Phi) is 2.40. The van der Waals surface area contributed by atoms with E-state index in [1.54, 1.807) is 0 Å². The topological polar surface area (TPSA) is 32.3 Å². The molecule has 1 heterocycles. The Balaban J connectivity index is 1.97. The molecule has 2 N–H and O–H groups in total. The summed E-state index contributed by atoms with van der Waals surface area (Å²) >= 11 is 0. The number of hydrogen-bond donors (Lipinski definition) is 2. The fraction of sp³-hybridized carbons (Fsp3) is 0.571. The van der Waals surface area contributed by atoms with Gasteiger partial charge in [0, 0.05) is 19.0 Å². The van der Waals surface area contributed by atoms with Crippen molar-refractivity contribution >= 4 is 0 Å². The predicted molar refractivity (Wildman–Crippen MR) is 64.6 cm³/mol. The van der Waals surface area contributed by atoms with E-state index in [1.165, 1.54) is 25.7 Å². The Morgan fingerprint density at radius 3 is 2.69 bits per heavy atom. The van der Waals surface area contributed by atoms with E-state index >= 15 is 0 Å². The van der Waals surface area contributed by atoms with Gasteiger partial charge in [-0.15, -0.1) is 0 Å². The van der Waals surface area contributed by atoms with Gasteiger partial charge in [-0.1, -0.05) is 31.0 Å². The number of aromatic hydroxyl groups is 1. The lowest BCUT2D eigenvalue weighted by Gasteiger charge is -2.30. The number of para-hydroxylation sites is 1. The van der Waals surface area contributed by atoms with Gasteiger partial charge in [-0.3, -0.25) is 0 Å². The predicted octanol–water partition coefficient (Wildman–Crippen LogP) is 2.64. The highest BCUT2D eigenvalue weighted by Gasteiger charge is 2.45. The van der Waals surface area contributed by atoms with E-state index in [0.717, 1.165) is 18.7 Å². The first kappa shape index (κ1) is 10.2. The molecule has 2 fully saturated rings. The monoisotopic (exact) mass is 217 g/mol.